The summed E-state index contributed by atoms with van der Waals surface area (Å²) in [6, 6.07) is 13.5. The van der Waals surface area contributed by atoms with Crippen LogP contribution in [0.25, 0.3) is 0 Å². The molecule has 2 aromatic carbocycles. The van der Waals surface area contributed by atoms with E-state index < -0.39 is 5.76 Å². The first-order chi connectivity index (χ1) is 11.1. The topological polar surface area (TPSA) is 50.4 Å². The van der Waals surface area contributed by atoms with Crippen molar-refractivity contribution in [1.29, 1.82) is 0 Å². The summed E-state index contributed by atoms with van der Waals surface area (Å²) >= 11 is 0.465. The zero-order valence-corrected chi connectivity index (χ0v) is 13.2. The van der Waals surface area contributed by atoms with Crippen molar-refractivity contribution in [2.75, 3.05) is 24.3 Å². The Morgan fingerprint density at radius 1 is 1.17 bits per heavy atom. The van der Waals surface area contributed by atoms with E-state index in [0.717, 1.165) is 0 Å². The molecule has 2 N–H and O–H groups in total. The summed E-state index contributed by atoms with van der Waals surface area (Å²) in [5.74, 6) is -2.06. The molecule has 23 heavy (non-hydrogen) atoms. The van der Waals surface area contributed by atoms with Gasteiger partial charge in [-0.25, -0.2) is 0 Å². The molecule has 0 atom stereocenters. The van der Waals surface area contributed by atoms with Gasteiger partial charge in [0.15, 0.2) is 0 Å². The largest absolute Gasteiger partial charge is 0.495 e. The van der Waals surface area contributed by atoms with Crippen LogP contribution >= 0.6 is 11.8 Å². The van der Waals surface area contributed by atoms with Crippen molar-refractivity contribution in [3.05, 3.63) is 48.5 Å². The molecule has 0 radical (unpaired) electrons. The number of halogens is 2. The molecule has 1 amide bonds. The molecule has 0 fully saturated rings. The van der Waals surface area contributed by atoms with Crippen LogP contribution in [0.1, 0.15) is 0 Å². The molecule has 0 bridgehead atoms. The molecule has 0 aliphatic rings. The number of methoxy groups -OCH3 is 1. The number of hydrogen-bond acceptors (Lipinski definition) is 4. The SMILES string of the molecule is COc1ccccc1NCC(=O)Nc1ccc(SC(F)F)cc1. The summed E-state index contributed by atoms with van der Waals surface area (Å²) in [5, 5.41) is 5.67. The highest BCUT2D eigenvalue weighted by atomic mass is 32.2. The van der Waals surface area contributed by atoms with Gasteiger partial charge in [-0.1, -0.05) is 23.9 Å². The number of thioether (sulfide) groups is 1. The van der Waals surface area contributed by atoms with Crippen LogP contribution in [-0.2, 0) is 4.79 Å². The fourth-order valence-electron chi connectivity index (χ4n) is 1.89. The van der Waals surface area contributed by atoms with Gasteiger partial charge in [0.2, 0.25) is 5.91 Å². The number of rotatable bonds is 7. The molecule has 7 heteroatoms. The van der Waals surface area contributed by atoms with Crippen LogP contribution in [0.4, 0.5) is 20.2 Å². The van der Waals surface area contributed by atoms with Crippen molar-refractivity contribution in [2.24, 2.45) is 0 Å². The second-order valence-electron chi connectivity index (χ2n) is 4.50. The van der Waals surface area contributed by atoms with E-state index in [0.29, 0.717) is 33.8 Å². The highest BCUT2D eigenvalue weighted by Gasteiger charge is 2.07. The van der Waals surface area contributed by atoms with Crippen LogP contribution in [-0.4, -0.2) is 25.3 Å². The van der Waals surface area contributed by atoms with Gasteiger partial charge in [-0.3, -0.25) is 4.79 Å². The smallest absolute Gasteiger partial charge is 0.288 e. The molecule has 122 valence electrons. The minimum Gasteiger partial charge on any atom is -0.495 e. The number of ether oxygens (including phenoxy) is 1. The Morgan fingerprint density at radius 2 is 1.87 bits per heavy atom. The summed E-state index contributed by atoms with van der Waals surface area (Å²) < 4.78 is 29.6. The van der Waals surface area contributed by atoms with Gasteiger partial charge < -0.3 is 15.4 Å². The number of hydrogen-bond donors (Lipinski definition) is 2. The third kappa shape index (κ3) is 5.45. The van der Waals surface area contributed by atoms with E-state index in [1.165, 1.54) is 0 Å². The summed E-state index contributed by atoms with van der Waals surface area (Å²) in [7, 11) is 1.56. The number of benzene rings is 2. The Balaban J connectivity index is 1.87. The van der Waals surface area contributed by atoms with E-state index in [4.69, 9.17) is 4.74 Å². The second kappa shape index (κ2) is 8.38. The monoisotopic (exact) mass is 338 g/mol. The van der Waals surface area contributed by atoms with Crippen LogP contribution in [0.3, 0.4) is 0 Å². The molecule has 4 nitrogen and oxygen atoms in total. The van der Waals surface area contributed by atoms with E-state index in [9.17, 15) is 13.6 Å². The highest BCUT2D eigenvalue weighted by molar-refractivity contribution is 7.99. The van der Waals surface area contributed by atoms with Gasteiger partial charge in [0, 0.05) is 10.6 Å². The van der Waals surface area contributed by atoms with Crippen LogP contribution in [0, 0.1) is 0 Å². The lowest BCUT2D eigenvalue weighted by Gasteiger charge is -2.11. The maximum absolute atomic E-state index is 12.2. The van der Waals surface area contributed by atoms with Crippen molar-refractivity contribution in [3.8, 4) is 5.75 Å². The molecule has 0 saturated heterocycles. The minimum absolute atomic E-state index is 0.0634. The van der Waals surface area contributed by atoms with Gasteiger partial charge >= 0.3 is 0 Å². The second-order valence-corrected chi connectivity index (χ2v) is 5.57. The normalized spacial score (nSPS) is 10.4. The molecule has 0 aromatic heterocycles. The maximum Gasteiger partial charge on any atom is 0.288 e. The van der Waals surface area contributed by atoms with Gasteiger partial charge in [0.25, 0.3) is 5.76 Å². The summed E-state index contributed by atoms with van der Waals surface area (Å²) in [5.41, 5.74) is 1.27. The lowest BCUT2D eigenvalue weighted by molar-refractivity contribution is -0.114. The van der Waals surface area contributed by atoms with E-state index in [1.54, 1.807) is 37.4 Å². The van der Waals surface area contributed by atoms with Gasteiger partial charge in [-0.2, -0.15) is 8.78 Å². The molecule has 0 spiro atoms. The Bertz CT molecular complexity index is 651. The van der Waals surface area contributed by atoms with E-state index in [1.807, 2.05) is 18.2 Å². The lowest BCUT2D eigenvalue weighted by atomic mass is 10.3. The first kappa shape index (κ1) is 17.1. The van der Waals surface area contributed by atoms with Crippen molar-refractivity contribution in [3.63, 3.8) is 0 Å². The summed E-state index contributed by atoms with van der Waals surface area (Å²) in [6.07, 6.45) is 0. The first-order valence-corrected chi connectivity index (χ1v) is 7.68. The van der Waals surface area contributed by atoms with Crippen molar-refractivity contribution >= 4 is 29.0 Å². The molecule has 0 saturated carbocycles. The van der Waals surface area contributed by atoms with Crippen molar-refractivity contribution in [2.45, 2.75) is 10.7 Å². The molecule has 0 aliphatic heterocycles. The van der Waals surface area contributed by atoms with Gasteiger partial charge in [-0.05, 0) is 36.4 Å². The Morgan fingerprint density at radius 3 is 2.52 bits per heavy atom. The number of alkyl halides is 2. The van der Waals surface area contributed by atoms with Crippen LogP contribution in [0.2, 0.25) is 0 Å². The predicted octanol–water partition coefficient (Wildman–Crippen LogP) is 4.06. The number of anilines is 2. The number of nitrogens with one attached hydrogen (secondary N) is 2. The van der Waals surface area contributed by atoms with Crippen molar-refractivity contribution in [1.82, 2.24) is 0 Å². The molecule has 0 heterocycles. The number of carbonyl (C=O) groups excluding carboxylic acids is 1. The van der Waals surface area contributed by atoms with Gasteiger partial charge in [0.05, 0.1) is 19.3 Å². The fourth-order valence-corrected chi connectivity index (χ4v) is 2.39. The molecule has 0 aliphatic carbocycles. The third-order valence-corrected chi connectivity index (χ3v) is 3.63. The molecule has 2 aromatic rings. The summed E-state index contributed by atoms with van der Waals surface area (Å²) in [4.78, 5) is 12.4. The third-order valence-electron chi connectivity index (χ3n) is 2.91. The zero-order chi connectivity index (χ0) is 16.7. The maximum atomic E-state index is 12.2. The number of carbonyl (C=O) groups is 1. The van der Waals surface area contributed by atoms with E-state index >= 15 is 0 Å². The molecule has 2 rings (SSSR count). The quantitative estimate of drug-likeness (QED) is 0.748. The van der Waals surface area contributed by atoms with Gasteiger partial charge in [-0.15, -0.1) is 0 Å². The first-order valence-electron chi connectivity index (χ1n) is 6.80. The van der Waals surface area contributed by atoms with Crippen LogP contribution in [0.15, 0.2) is 53.4 Å². The average molecular weight is 338 g/mol. The number of amides is 1. The molecular formula is C16H16F2N2O2S. The van der Waals surface area contributed by atoms with Gasteiger partial charge in [0.1, 0.15) is 5.75 Å². The predicted molar refractivity (Wildman–Crippen MR) is 88.4 cm³/mol. The Kier molecular flexibility index (Phi) is 6.22. The minimum atomic E-state index is -2.46. The lowest BCUT2D eigenvalue weighted by Crippen LogP contribution is -2.21. The standard InChI is InChI=1S/C16H16F2N2O2S/c1-22-14-5-3-2-4-13(14)19-10-15(21)20-11-6-8-12(9-7-11)23-16(17)18/h2-9,16,19H,10H2,1H3,(H,20,21). The highest BCUT2D eigenvalue weighted by Crippen LogP contribution is 2.26. The van der Waals surface area contributed by atoms with Crippen LogP contribution < -0.4 is 15.4 Å². The zero-order valence-electron chi connectivity index (χ0n) is 12.4. The van der Waals surface area contributed by atoms with Crippen LogP contribution in [0.5, 0.6) is 5.75 Å². The van der Waals surface area contributed by atoms with E-state index in [2.05, 4.69) is 10.6 Å². The van der Waals surface area contributed by atoms with Crippen molar-refractivity contribution < 1.29 is 18.3 Å². The van der Waals surface area contributed by atoms with E-state index in [-0.39, 0.29) is 12.5 Å². The fraction of sp³-hybridized carbons (Fsp3) is 0.188. The Hall–Kier alpha value is -2.28. The Labute approximate surface area is 137 Å². The molecular weight excluding hydrogens is 322 g/mol. The molecule has 0 unspecified atom stereocenters. The summed E-state index contributed by atoms with van der Waals surface area (Å²) in [6.45, 7) is 0.0634. The average Bonchev–Trinajstić information content (AvgIpc) is 2.54. The number of para-hydroxylation sites is 2.